The van der Waals surface area contributed by atoms with E-state index in [1.165, 1.54) is 0 Å². The van der Waals surface area contributed by atoms with Crippen LogP contribution in [0.1, 0.15) is 29.8 Å². The Balaban J connectivity index is 1.66. The van der Waals surface area contributed by atoms with Crippen molar-refractivity contribution >= 4 is 39.2 Å². The number of nitrogens with zero attached hydrogens (tertiary/aromatic N) is 3. The third kappa shape index (κ3) is 2.95. The number of methoxy groups -OCH3 is 1. The van der Waals surface area contributed by atoms with Gasteiger partial charge in [0.1, 0.15) is 32.8 Å². The van der Waals surface area contributed by atoms with Gasteiger partial charge in [-0.1, -0.05) is 6.07 Å². The minimum Gasteiger partial charge on any atom is -0.497 e. The second kappa shape index (κ2) is 6.83. The van der Waals surface area contributed by atoms with Crippen LogP contribution in [0.2, 0.25) is 0 Å². The van der Waals surface area contributed by atoms with E-state index in [4.69, 9.17) is 4.74 Å². The first kappa shape index (κ1) is 18.8. The summed E-state index contributed by atoms with van der Waals surface area (Å²) in [5.74, 6) is -0.0823. The zero-order valence-electron chi connectivity index (χ0n) is 15.7. The molecule has 0 aromatic heterocycles. The van der Waals surface area contributed by atoms with Gasteiger partial charge in [0.15, 0.2) is 5.54 Å². The third-order valence-corrected chi connectivity index (χ3v) is 7.58. The molecule has 10 heteroatoms. The second-order valence-electron chi connectivity index (χ2n) is 7.11. The number of carbonyl (C=O) groups excluding carboxylic acids is 3. The molecule has 1 aromatic carbocycles. The van der Waals surface area contributed by atoms with Crippen LogP contribution in [0.15, 0.2) is 33.2 Å². The predicted octanol–water partition coefficient (Wildman–Crippen LogP) is 1.86. The highest BCUT2D eigenvalue weighted by atomic mass is 127. The van der Waals surface area contributed by atoms with Crippen molar-refractivity contribution in [2.24, 2.45) is 3.15 Å². The third-order valence-electron chi connectivity index (χ3n) is 4.96. The lowest BCUT2D eigenvalue weighted by molar-refractivity contribution is -0.123. The van der Waals surface area contributed by atoms with Gasteiger partial charge < -0.3 is 18.1 Å². The number of hydrogen-bond donors (Lipinski definition) is 2. The first-order valence-corrected chi connectivity index (χ1v) is 10.7. The standard InChI is InChI=1S/C18H20IN5O4/c1-10(2)24-8-14(22-19-24)18(16(26)20-17(27)21-18)9-23-7-11-4-5-12(28-3)6-13(11)15(23)25/h4-6,8,10H,7,9H2,1-3H3,(H2,20,21,26,27)/t18-/m0/s1. The lowest BCUT2D eigenvalue weighted by Gasteiger charge is -2.30. The summed E-state index contributed by atoms with van der Waals surface area (Å²) in [6.45, 7) is 4.47. The molecule has 1 aromatic rings. The molecule has 0 radical (unpaired) electrons. The van der Waals surface area contributed by atoms with Crippen LogP contribution < -0.4 is 15.4 Å². The number of carbonyl (C=O) groups is 3. The summed E-state index contributed by atoms with van der Waals surface area (Å²) in [6, 6.07) is 5.01. The normalized spacial score (nSPS) is 23.6. The minimum absolute atomic E-state index is 0.0193. The number of imide groups is 1. The summed E-state index contributed by atoms with van der Waals surface area (Å²) >= 11 is -0.659. The molecule has 1 fully saturated rings. The lowest BCUT2D eigenvalue weighted by atomic mass is 9.95. The molecule has 0 aliphatic carbocycles. The summed E-state index contributed by atoms with van der Waals surface area (Å²) < 4.78 is 11.9. The average Bonchev–Trinajstić information content (AvgIpc) is 3.33. The van der Waals surface area contributed by atoms with Gasteiger partial charge in [0.05, 0.1) is 13.7 Å². The van der Waals surface area contributed by atoms with Crippen molar-refractivity contribution in [2.45, 2.75) is 32.0 Å². The van der Waals surface area contributed by atoms with Crippen molar-refractivity contribution in [3.8, 4) is 5.75 Å². The molecule has 3 heterocycles. The molecule has 4 amide bonds. The molecule has 148 valence electrons. The van der Waals surface area contributed by atoms with Crippen molar-refractivity contribution in [1.82, 2.24) is 18.6 Å². The molecule has 4 rings (SSSR count). The van der Waals surface area contributed by atoms with Crippen LogP contribution in [-0.4, -0.2) is 51.1 Å². The summed E-state index contributed by atoms with van der Waals surface area (Å²) in [4.78, 5) is 39.3. The first-order chi connectivity index (χ1) is 13.3. The Labute approximate surface area is 172 Å². The van der Waals surface area contributed by atoms with Crippen molar-refractivity contribution in [2.75, 3.05) is 13.7 Å². The first-order valence-electron chi connectivity index (χ1n) is 8.80. The molecule has 2 N–H and O–H groups in total. The van der Waals surface area contributed by atoms with E-state index in [9.17, 15) is 14.4 Å². The van der Waals surface area contributed by atoms with Gasteiger partial charge in [-0.2, -0.15) is 0 Å². The number of rotatable bonds is 5. The van der Waals surface area contributed by atoms with Gasteiger partial charge in [-0.25, -0.2) is 7.94 Å². The zero-order chi connectivity index (χ0) is 20.1. The Morgan fingerprint density at radius 2 is 2.11 bits per heavy atom. The van der Waals surface area contributed by atoms with Gasteiger partial charge in [-0.3, -0.25) is 14.9 Å². The quantitative estimate of drug-likeness (QED) is 0.368. The second-order valence-corrected chi connectivity index (χ2v) is 9.14. The number of amides is 4. The summed E-state index contributed by atoms with van der Waals surface area (Å²) in [6.07, 6.45) is 1.83. The largest absolute Gasteiger partial charge is 0.497 e. The number of halogens is 1. The number of nitrogens with one attached hydrogen (secondary N) is 2. The van der Waals surface area contributed by atoms with E-state index in [-0.39, 0.29) is 18.5 Å². The smallest absolute Gasteiger partial charge is 0.322 e. The van der Waals surface area contributed by atoms with Crippen molar-refractivity contribution in [3.63, 3.8) is 0 Å². The predicted molar refractivity (Wildman–Crippen MR) is 109 cm³/mol. The Morgan fingerprint density at radius 3 is 2.71 bits per heavy atom. The molecule has 0 unspecified atom stereocenters. The molecule has 1 atom stereocenters. The Hall–Kier alpha value is -2.50. The molecule has 0 bridgehead atoms. The maximum absolute atomic E-state index is 12.9. The van der Waals surface area contributed by atoms with Gasteiger partial charge in [-0.05, 0) is 31.5 Å². The van der Waals surface area contributed by atoms with Gasteiger partial charge in [0, 0.05) is 24.4 Å². The van der Waals surface area contributed by atoms with Crippen LogP contribution in [0.5, 0.6) is 5.75 Å². The summed E-state index contributed by atoms with van der Waals surface area (Å²) in [5, 5.41) is 5.03. The zero-order valence-corrected chi connectivity index (χ0v) is 17.8. The van der Waals surface area contributed by atoms with Crippen molar-refractivity contribution in [3.05, 3.63) is 41.2 Å². The maximum Gasteiger partial charge on any atom is 0.322 e. The molecule has 3 aliphatic heterocycles. The average molecular weight is 497 g/mol. The molecule has 0 spiro atoms. The number of fused-ring (bicyclic) bond motifs is 1. The van der Waals surface area contributed by atoms with E-state index < -0.39 is 38.8 Å². The SMILES string of the molecule is COc1ccc2c(c1)C(=O)N(C[C@@]1(C3=CN(C(C)C)I=N3)NC(=O)NC1=O)C2. The highest BCUT2D eigenvalue weighted by Gasteiger charge is 2.53. The highest BCUT2D eigenvalue weighted by Crippen LogP contribution is 2.37. The molecule has 3 aliphatic rings. The fourth-order valence-corrected chi connectivity index (χ4v) is 5.31. The van der Waals surface area contributed by atoms with Crippen molar-refractivity contribution < 1.29 is 19.1 Å². The Bertz CT molecular complexity index is 944. The summed E-state index contributed by atoms with van der Waals surface area (Å²) in [5.41, 5.74) is 0.535. The molecule has 28 heavy (non-hydrogen) atoms. The van der Waals surface area contributed by atoms with E-state index in [2.05, 4.69) is 16.9 Å². The van der Waals surface area contributed by atoms with Crippen LogP contribution in [0, 0.1) is 0 Å². The Kier molecular flexibility index (Phi) is 4.60. The van der Waals surface area contributed by atoms with Gasteiger partial charge >= 0.3 is 6.03 Å². The van der Waals surface area contributed by atoms with Gasteiger partial charge in [-0.15, -0.1) is 0 Å². The Morgan fingerprint density at radius 1 is 1.32 bits per heavy atom. The number of ether oxygens (including phenoxy) is 1. The summed E-state index contributed by atoms with van der Waals surface area (Å²) in [7, 11) is 1.55. The minimum atomic E-state index is -1.37. The van der Waals surface area contributed by atoms with Gasteiger partial charge in [0.2, 0.25) is 0 Å². The number of hydrogen-bond acceptors (Lipinski definition) is 6. The lowest BCUT2D eigenvalue weighted by Crippen LogP contribution is -2.56. The molecular formula is C18H20IN5O4. The van der Waals surface area contributed by atoms with Crippen molar-refractivity contribution in [1.29, 1.82) is 0 Å². The molecule has 9 nitrogen and oxygen atoms in total. The fraction of sp³-hybridized carbons (Fsp3) is 0.389. The van der Waals surface area contributed by atoms with Crippen LogP contribution in [-0.2, 0) is 11.3 Å². The van der Waals surface area contributed by atoms with E-state index in [1.807, 2.05) is 26.1 Å². The van der Waals surface area contributed by atoms with Crippen LogP contribution in [0.25, 0.3) is 0 Å². The maximum atomic E-state index is 12.9. The van der Waals surface area contributed by atoms with E-state index in [0.29, 0.717) is 23.6 Å². The van der Waals surface area contributed by atoms with E-state index >= 15 is 0 Å². The van der Waals surface area contributed by atoms with E-state index in [0.717, 1.165) is 5.56 Å². The van der Waals surface area contributed by atoms with E-state index in [1.54, 1.807) is 24.1 Å². The molecule has 0 saturated carbocycles. The monoisotopic (exact) mass is 497 g/mol. The molecular weight excluding hydrogens is 477 g/mol. The number of benzene rings is 1. The molecule has 1 saturated heterocycles. The number of urea groups is 1. The van der Waals surface area contributed by atoms with Gasteiger partial charge in [0.25, 0.3) is 11.8 Å². The van der Waals surface area contributed by atoms with Crippen LogP contribution >= 0.6 is 21.3 Å². The van der Waals surface area contributed by atoms with Crippen LogP contribution in [0.4, 0.5) is 4.79 Å². The fourth-order valence-electron chi connectivity index (χ4n) is 3.41. The van der Waals surface area contributed by atoms with Crippen LogP contribution in [0.3, 0.4) is 0 Å². The topological polar surface area (TPSA) is 103 Å². The highest BCUT2D eigenvalue weighted by molar-refractivity contribution is 14.1.